The molecule has 4 N–H and O–H groups in total. The van der Waals surface area contributed by atoms with Crippen molar-refractivity contribution in [1.82, 2.24) is 15.2 Å². The number of hydrogen-bond acceptors (Lipinski definition) is 13. The van der Waals surface area contributed by atoms with Gasteiger partial charge in [0.05, 0.1) is 11.5 Å². The van der Waals surface area contributed by atoms with E-state index in [1.54, 1.807) is 5.38 Å². The Labute approximate surface area is 394 Å². The average molecular weight is 930 g/mol. The molecule has 0 radical (unpaired) electrons. The molecule has 336 valence electrons. The number of nitrogens with two attached hydrogens (primary N) is 1. The number of nitrogens with one attached hydrogen (secondary N) is 2. The summed E-state index contributed by atoms with van der Waals surface area (Å²) in [5.74, 6) is -2.05. The van der Waals surface area contributed by atoms with Crippen molar-refractivity contribution in [2.75, 3.05) is 24.3 Å². The van der Waals surface area contributed by atoms with Gasteiger partial charge >= 0.3 is 12.1 Å². The van der Waals surface area contributed by atoms with Gasteiger partial charge in [0.15, 0.2) is 16.9 Å². The summed E-state index contributed by atoms with van der Waals surface area (Å²) in [6, 6.07) is 49.5. The van der Waals surface area contributed by atoms with Gasteiger partial charge in [-0.05, 0) is 40.7 Å². The van der Waals surface area contributed by atoms with Crippen LogP contribution in [0.3, 0.4) is 0 Å². The molecule has 3 aliphatic rings. The van der Waals surface area contributed by atoms with E-state index in [-0.39, 0.29) is 36.1 Å². The number of rotatable bonds is 17. The fourth-order valence-corrected chi connectivity index (χ4v) is 10.2. The lowest BCUT2D eigenvalue weighted by Crippen LogP contribution is -2.71. The summed E-state index contributed by atoms with van der Waals surface area (Å²) in [7, 11) is 0. The highest BCUT2D eigenvalue weighted by molar-refractivity contribution is 8.00. The molecule has 3 heterocycles. The van der Waals surface area contributed by atoms with Gasteiger partial charge in [0.2, 0.25) is 0 Å². The summed E-state index contributed by atoms with van der Waals surface area (Å²) in [5.41, 5.74) is 8.09. The van der Waals surface area contributed by atoms with Crippen LogP contribution in [-0.4, -0.2) is 69.9 Å². The van der Waals surface area contributed by atoms with Gasteiger partial charge in [-0.2, -0.15) is 5.26 Å². The van der Waals surface area contributed by atoms with Crippen molar-refractivity contribution >= 4 is 57.8 Å². The predicted octanol–water partition coefficient (Wildman–Crippen LogP) is 7.65. The number of β-lactam (4-membered cyclic amide) rings is 1. The zero-order valence-corrected chi connectivity index (χ0v) is 37.5. The van der Waals surface area contributed by atoms with Crippen molar-refractivity contribution in [1.29, 1.82) is 5.26 Å². The van der Waals surface area contributed by atoms with Crippen molar-refractivity contribution in [3.05, 3.63) is 202 Å². The Balaban J connectivity index is 1.01. The molecule has 0 bridgehead atoms. The van der Waals surface area contributed by atoms with E-state index < -0.39 is 52.4 Å². The maximum absolute atomic E-state index is 14.5. The number of oxime groups is 1. The number of thiazole rings is 1. The average Bonchev–Trinajstić information content (AvgIpc) is 4.02. The van der Waals surface area contributed by atoms with Crippen LogP contribution in [-0.2, 0) is 34.2 Å². The van der Waals surface area contributed by atoms with Crippen molar-refractivity contribution in [2.24, 2.45) is 16.3 Å². The molecular weight excluding hydrogens is 887 g/mol. The van der Waals surface area contributed by atoms with E-state index in [1.807, 2.05) is 152 Å². The molecule has 0 spiro atoms. The molecule has 67 heavy (non-hydrogen) atoms. The highest BCUT2D eigenvalue weighted by Gasteiger charge is 2.55. The second-order valence-corrected chi connectivity index (χ2v) is 18.1. The Morgan fingerprint density at radius 1 is 0.851 bits per heavy atom. The molecule has 9 rings (SSSR count). The van der Waals surface area contributed by atoms with Crippen molar-refractivity contribution in [2.45, 2.75) is 35.9 Å². The largest absolute Gasteiger partial charge is 0.448 e. The number of amides is 3. The lowest BCUT2D eigenvalue weighted by atomic mass is 9.77. The van der Waals surface area contributed by atoms with Crippen molar-refractivity contribution < 1.29 is 33.5 Å². The molecule has 1 aromatic heterocycles. The first-order valence-corrected chi connectivity index (χ1v) is 23.3. The van der Waals surface area contributed by atoms with Gasteiger partial charge in [-0.3, -0.25) is 14.5 Å². The standard InChI is InChI=1S/C51H43N7O7S2/c52-31-50(26-27-50)32-64-57-40(39-30-67-49(54-39)56-51(36-20-10-3-11-21-36,37-22-12-4-13-23-37)38-24-14-5-15-25-38)44(59)55-41-45(60)58-42(35(28-63-48(53)62)29-66-46(41)58)47(61)65-43(33-16-6-1-7-17-33)34-18-8-2-9-19-34/h1-25,30,41,43,46H,26-29,32H2,(H2,53,62)(H,54,56)(H,55,59)/b57-40-/t41-,46-/m1/s1. The number of carbonyl (C=O) groups excluding carboxylic acids is 4. The third-order valence-corrected chi connectivity index (χ3v) is 13.9. The zero-order valence-electron chi connectivity index (χ0n) is 35.8. The number of aromatic nitrogens is 1. The third kappa shape index (κ3) is 9.24. The summed E-state index contributed by atoms with van der Waals surface area (Å²) in [6.45, 7) is -0.400. The van der Waals surface area contributed by atoms with Crippen LogP contribution in [0.15, 0.2) is 173 Å². The normalized spacial score (nSPS) is 17.3. The van der Waals surface area contributed by atoms with E-state index in [2.05, 4.69) is 21.9 Å². The summed E-state index contributed by atoms with van der Waals surface area (Å²) < 4.78 is 11.3. The maximum atomic E-state index is 14.5. The highest BCUT2D eigenvalue weighted by Crippen LogP contribution is 2.46. The minimum Gasteiger partial charge on any atom is -0.448 e. The molecule has 14 nitrogen and oxygen atoms in total. The molecule has 2 aliphatic heterocycles. The second kappa shape index (κ2) is 19.4. The molecule has 5 aromatic carbocycles. The van der Waals surface area contributed by atoms with E-state index in [9.17, 15) is 24.4 Å². The Morgan fingerprint density at radius 2 is 1.39 bits per heavy atom. The molecule has 0 unspecified atom stereocenters. The zero-order chi connectivity index (χ0) is 46.4. The topological polar surface area (TPSA) is 198 Å². The van der Waals surface area contributed by atoms with E-state index in [0.717, 1.165) is 16.7 Å². The fourth-order valence-electron chi connectivity index (χ4n) is 8.14. The molecule has 16 heteroatoms. The van der Waals surface area contributed by atoms with E-state index >= 15 is 0 Å². The SMILES string of the molecule is N#CC1(CO/N=C(\C(=O)N[C@@H]2C(=O)N3C(C(=O)OC(c4ccccc4)c4ccccc4)=C(COC(N)=O)CS[C@H]23)c2csc(NC(c3ccccc3)(c3ccccc3)c3ccccc3)n2)CC1. The van der Waals surface area contributed by atoms with E-state index in [4.69, 9.17) is 25.0 Å². The number of primary amides is 1. The molecular formula is C51H43N7O7S2. The first kappa shape index (κ1) is 44.5. The fraction of sp³-hybridized carbons (Fsp3) is 0.196. The van der Waals surface area contributed by atoms with E-state index in [1.165, 1.54) is 28.0 Å². The molecule has 1 saturated heterocycles. The minimum absolute atomic E-state index is 0.0390. The van der Waals surface area contributed by atoms with Crippen molar-refractivity contribution in [3.8, 4) is 6.07 Å². The number of esters is 1. The van der Waals surface area contributed by atoms with Gasteiger partial charge in [0.1, 0.15) is 41.6 Å². The molecule has 2 fully saturated rings. The minimum atomic E-state index is -1.12. The van der Waals surface area contributed by atoms with Crippen molar-refractivity contribution in [3.63, 3.8) is 0 Å². The van der Waals surface area contributed by atoms with Gasteiger partial charge in [0, 0.05) is 16.7 Å². The molecule has 1 aliphatic carbocycles. The molecule has 1 saturated carbocycles. The molecule has 3 amide bonds. The van der Waals surface area contributed by atoms with Crippen LogP contribution in [0, 0.1) is 16.7 Å². The smallest absolute Gasteiger partial charge is 0.404 e. The van der Waals surface area contributed by atoms with Crippen LogP contribution in [0.5, 0.6) is 0 Å². The molecule has 2 atom stereocenters. The van der Waals surface area contributed by atoms with Gasteiger partial charge in [-0.15, -0.1) is 23.1 Å². The number of fused-ring (bicyclic) bond motifs is 1. The predicted molar refractivity (Wildman–Crippen MR) is 253 cm³/mol. The number of carbonyl (C=O) groups is 4. The Hall–Kier alpha value is -7.74. The summed E-state index contributed by atoms with van der Waals surface area (Å²) in [6.07, 6.45) is -0.619. The number of ether oxygens (including phenoxy) is 2. The number of thioether (sulfide) groups is 1. The van der Waals surface area contributed by atoms with Gasteiger partial charge < -0.3 is 30.7 Å². The third-order valence-electron chi connectivity index (χ3n) is 11.8. The van der Waals surface area contributed by atoms with Crippen LogP contribution >= 0.6 is 23.1 Å². The van der Waals surface area contributed by atoms with Crippen LogP contribution in [0.25, 0.3) is 0 Å². The summed E-state index contributed by atoms with van der Waals surface area (Å²) in [5, 5.41) is 22.0. The lowest BCUT2D eigenvalue weighted by Gasteiger charge is -2.49. The van der Waals surface area contributed by atoms with Gasteiger partial charge in [-0.25, -0.2) is 14.6 Å². The number of anilines is 1. The van der Waals surface area contributed by atoms with Gasteiger partial charge in [-0.1, -0.05) is 157 Å². The lowest BCUT2D eigenvalue weighted by molar-refractivity contribution is -0.154. The highest BCUT2D eigenvalue weighted by atomic mass is 32.2. The summed E-state index contributed by atoms with van der Waals surface area (Å²) in [4.78, 5) is 66.7. The van der Waals surface area contributed by atoms with Crippen LogP contribution < -0.4 is 16.4 Å². The van der Waals surface area contributed by atoms with Crippen LogP contribution in [0.4, 0.5) is 9.93 Å². The van der Waals surface area contributed by atoms with Gasteiger partial charge in [0.25, 0.3) is 11.8 Å². The first-order chi connectivity index (χ1) is 32.7. The van der Waals surface area contributed by atoms with Crippen LogP contribution in [0.1, 0.15) is 52.5 Å². The summed E-state index contributed by atoms with van der Waals surface area (Å²) >= 11 is 2.52. The quantitative estimate of drug-likeness (QED) is 0.0267. The Bertz CT molecular complexity index is 2740. The second-order valence-electron chi connectivity index (χ2n) is 16.1. The van der Waals surface area contributed by atoms with E-state index in [0.29, 0.717) is 34.7 Å². The molecule has 6 aromatic rings. The number of benzene rings is 5. The Morgan fingerprint density at radius 3 is 1.90 bits per heavy atom. The number of nitriles is 1. The monoisotopic (exact) mass is 929 g/mol. The number of nitrogens with zero attached hydrogens (tertiary/aromatic N) is 4. The van der Waals surface area contributed by atoms with Crippen LogP contribution in [0.2, 0.25) is 0 Å². The first-order valence-electron chi connectivity index (χ1n) is 21.4. The maximum Gasteiger partial charge on any atom is 0.404 e. The number of hydrogen-bond donors (Lipinski definition) is 3. The Kier molecular flexibility index (Phi) is 12.9.